The van der Waals surface area contributed by atoms with E-state index in [1.807, 2.05) is 42.5 Å². The number of anilines is 1. The quantitative estimate of drug-likeness (QED) is 0.200. The molecule has 8 heteroatoms. The van der Waals surface area contributed by atoms with Crippen LogP contribution in [0, 0.1) is 5.41 Å². The molecule has 3 aromatic carbocycles. The van der Waals surface area contributed by atoms with E-state index in [4.69, 9.17) is 21.1 Å². The van der Waals surface area contributed by atoms with Crippen LogP contribution in [0.25, 0.3) is 10.9 Å². The summed E-state index contributed by atoms with van der Waals surface area (Å²) >= 11 is 6.60. The number of ketones is 1. The fourth-order valence-electron chi connectivity index (χ4n) is 4.80. The van der Waals surface area contributed by atoms with E-state index in [0.29, 0.717) is 58.4 Å². The van der Waals surface area contributed by atoms with E-state index in [1.54, 1.807) is 36.5 Å². The second-order valence-electron chi connectivity index (χ2n) is 11.6. The van der Waals surface area contributed by atoms with Gasteiger partial charge in [-0.25, -0.2) is 0 Å². The number of aromatic nitrogens is 1. The van der Waals surface area contributed by atoms with Gasteiger partial charge in [0.05, 0.1) is 17.7 Å². The SMILES string of the molecule is CC(=O)Nc1cc2c(Oc3ccc(CC(=O)CC4=CC(C(C)(C)C)=NC4)c(Cl)c3)ccnc2cc1OCc1ccccc1. The predicted molar refractivity (Wildman–Crippen MR) is 172 cm³/mol. The standard InChI is InChI=1S/C35H34ClN3O4/c1-22(40)39-31-18-28-30(19-33(31)42-21-23-8-6-5-7-9-23)37-13-12-32(28)43-27-11-10-25(29(36)17-27)16-26(41)14-24-15-34(38-20-24)35(2,3)4/h5-13,15,17-19H,14,16,20-21H2,1-4H3,(H,39,40). The van der Waals surface area contributed by atoms with Crippen LogP contribution in [0.3, 0.4) is 0 Å². The van der Waals surface area contributed by atoms with E-state index in [1.165, 1.54) is 6.92 Å². The molecule has 7 nitrogen and oxygen atoms in total. The fourth-order valence-corrected chi connectivity index (χ4v) is 5.04. The van der Waals surface area contributed by atoms with Crippen LogP contribution in [0.5, 0.6) is 17.2 Å². The molecule has 2 heterocycles. The van der Waals surface area contributed by atoms with E-state index in [2.05, 4.69) is 36.1 Å². The van der Waals surface area contributed by atoms with Crippen molar-refractivity contribution in [3.8, 4) is 17.2 Å². The highest BCUT2D eigenvalue weighted by Crippen LogP contribution is 2.37. The Morgan fingerprint density at radius 3 is 2.47 bits per heavy atom. The van der Waals surface area contributed by atoms with Gasteiger partial charge in [-0.1, -0.05) is 68.8 Å². The van der Waals surface area contributed by atoms with Gasteiger partial charge in [0.2, 0.25) is 5.91 Å². The van der Waals surface area contributed by atoms with Crippen LogP contribution in [0.1, 0.15) is 45.2 Å². The number of halogens is 1. The van der Waals surface area contributed by atoms with Gasteiger partial charge in [-0.15, -0.1) is 0 Å². The number of nitrogens with zero attached hydrogens (tertiary/aromatic N) is 2. The molecular formula is C35H34ClN3O4. The fraction of sp³-hybridized carbons (Fsp3) is 0.257. The van der Waals surface area contributed by atoms with Crippen LogP contribution >= 0.6 is 11.6 Å². The highest BCUT2D eigenvalue weighted by molar-refractivity contribution is 6.31. The van der Waals surface area contributed by atoms with Crippen molar-refractivity contribution < 1.29 is 19.1 Å². The number of carbonyl (C=O) groups is 2. The van der Waals surface area contributed by atoms with Crippen molar-refractivity contribution in [2.75, 3.05) is 11.9 Å². The van der Waals surface area contributed by atoms with Crippen molar-refractivity contribution in [3.05, 3.63) is 101 Å². The zero-order chi connectivity index (χ0) is 30.6. The molecule has 43 heavy (non-hydrogen) atoms. The summed E-state index contributed by atoms with van der Waals surface area (Å²) in [5.41, 5.74) is 4.92. The maximum absolute atomic E-state index is 12.8. The number of rotatable bonds is 10. The zero-order valence-corrected chi connectivity index (χ0v) is 25.5. The predicted octanol–water partition coefficient (Wildman–Crippen LogP) is 8.15. The molecule has 1 N–H and O–H groups in total. The Morgan fingerprint density at radius 2 is 1.77 bits per heavy atom. The summed E-state index contributed by atoms with van der Waals surface area (Å²) in [7, 11) is 0. The summed E-state index contributed by atoms with van der Waals surface area (Å²) in [6, 6.07) is 20.4. The normalized spacial score (nSPS) is 13.0. The van der Waals surface area contributed by atoms with Crippen molar-refractivity contribution in [3.63, 3.8) is 0 Å². The highest BCUT2D eigenvalue weighted by Gasteiger charge is 2.22. The van der Waals surface area contributed by atoms with Gasteiger partial charge in [-0.2, -0.15) is 0 Å². The second kappa shape index (κ2) is 12.8. The largest absolute Gasteiger partial charge is 0.487 e. The molecule has 0 saturated carbocycles. The van der Waals surface area contributed by atoms with Crippen molar-refractivity contribution in [2.45, 2.75) is 47.1 Å². The third kappa shape index (κ3) is 7.67. The van der Waals surface area contributed by atoms with Gasteiger partial charge in [-0.05, 0) is 47.0 Å². The van der Waals surface area contributed by atoms with Gasteiger partial charge in [-0.3, -0.25) is 19.6 Å². The minimum absolute atomic E-state index is 0.0337. The number of pyridine rings is 1. The first-order valence-electron chi connectivity index (χ1n) is 14.1. The number of hydrogen-bond donors (Lipinski definition) is 1. The number of hydrogen-bond acceptors (Lipinski definition) is 6. The maximum Gasteiger partial charge on any atom is 0.221 e. The van der Waals surface area contributed by atoms with Crippen LogP contribution in [0.2, 0.25) is 5.02 Å². The number of Topliss-reactive ketones (excluding diaryl/α,β-unsaturated/α-hetero) is 1. The number of nitrogens with one attached hydrogen (secondary N) is 1. The monoisotopic (exact) mass is 595 g/mol. The Kier molecular flexibility index (Phi) is 8.92. The molecule has 1 aromatic heterocycles. The van der Waals surface area contributed by atoms with Crippen LogP contribution in [-0.2, 0) is 22.6 Å². The Bertz CT molecular complexity index is 1740. The Hall–Kier alpha value is -4.49. The van der Waals surface area contributed by atoms with Crippen LogP contribution in [-0.4, -0.2) is 28.9 Å². The second-order valence-corrected chi connectivity index (χ2v) is 12.0. The molecule has 0 radical (unpaired) electrons. The molecule has 0 aliphatic carbocycles. The number of amides is 1. The number of fused-ring (bicyclic) bond motifs is 1. The molecule has 0 saturated heterocycles. The molecule has 0 bridgehead atoms. The van der Waals surface area contributed by atoms with E-state index in [9.17, 15) is 9.59 Å². The van der Waals surface area contributed by atoms with Crippen molar-refractivity contribution >= 4 is 45.6 Å². The molecule has 0 spiro atoms. The molecule has 0 unspecified atom stereocenters. The number of ether oxygens (including phenoxy) is 2. The summed E-state index contributed by atoms with van der Waals surface area (Å²) in [5.74, 6) is 1.42. The minimum Gasteiger partial charge on any atom is -0.487 e. The molecule has 0 atom stereocenters. The first-order valence-corrected chi connectivity index (χ1v) is 14.5. The number of allylic oxidation sites excluding steroid dienone is 1. The number of benzene rings is 3. The van der Waals surface area contributed by atoms with E-state index >= 15 is 0 Å². The smallest absolute Gasteiger partial charge is 0.221 e. The zero-order valence-electron chi connectivity index (χ0n) is 24.7. The number of carbonyl (C=O) groups excluding carboxylic acids is 2. The molecule has 220 valence electrons. The Balaban J connectivity index is 1.31. The van der Waals surface area contributed by atoms with Gasteiger partial charge in [0, 0.05) is 53.6 Å². The molecule has 0 fully saturated rings. The average Bonchev–Trinajstić information content (AvgIpc) is 3.43. The molecule has 4 aromatic rings. The van der Waals surface area contributed by atoms with Gasteiger partial charge < -0.3 is 14.8 Å². The lowest BCUT2D eigenvalue weighted by molar-refractivity contribution is -0.118. The first-order chi connectivity index (χ1) is 20.5. The lowest BCUT2D eigenvalue weighted by Crippen LogP contribution is -2.16. The van der Waals surface area contributed by atoms with Crippen molar-refractivity contribution in [1.82, 2.24) is 4.98 Å². The van der Waals surface area contributed by atoms with E-state index in [0.717, 1.165) is 22.4 Å². The molecule has 1 aliphatic heterocycles. The third-order valence-corrected chi connectivity index (χ3v) is 7.33. The minimum atomic E-state index is -0.224. The number of aliphatic imine (C=N–C) groups is 1. The van der Waals surface area contributed by atoms with Crippen molar-refractivity contribution in [2.24, 2.45) is 10.4 Å². The average molecular weight is 596 g/mol. The Morgan fingerprint density at radius 1 is 0.977 bits per heavy atom. The van der Waals surface area contributed by atoms with Gasteiger partial charge in [0.1, 0.15) is 29.6 Å². The highest BCUT2D eigenvalue weighted by atomic mass is 35.5. The summed E-state index contributed by atoms with van der Waals surface area (Å²) in [4.78, 5) is 33.9. The molecule has 1 aliphatic rings. The summed E-state index contributed by atoms with van der Waals surface area (Å²) in [6.07, 6.45) is 4.28. The first kappa shape index (κ1) is 30.0. The lowest BCUT2D eigenvalue weighted by Gasteiger charge is -2.16. The van der Waals surface area contributed by atoms with Crippen LogP contribution in [0.15, 0.2) is 89.6 Å². The molecule has 5 rings (SSSR count). The summed E-state index contributed by atoms with van der Waals surface area (Å²) in [5, 5.41) is 3.99. The Labute approximate surface area is 256 Å². The summed E-state index contributed by atoms with van der Waals surface area (Å²) < 4.78 is 12.3. The lowest BCUT2D eigenvalue weighted by atomic mass is 9.89. The summed E-state index contributed by atoms with van der Waals surface area (Å²) in [6.45, 7) is 8.71. The maximum atomic E-state index is 12.8. The van der Waals surface area contributed by atoms with Gasteiger partial charge in [0.15, 0.2) is 0 Å². The topological polar surface area (TPSA) is 89.9 Å². The van der Waals surface area contributed by atoms with E-state index in [-0.39, 0.29) is 23.5 Å². The van der Waals surface area contributed by atoms with Crippen molar-refractivity contribution in [1.29, 1.82) is 0 Å². The molecule has 1 amide bonds. The van der Waals surface area contributed by atoms with Gasteiger partial charge >= 0.3 is 0 Å². The van der Waals surface area contributed by atoms with Gasteiger partial charge in [0.25, 0.3) is 0 Å². The van der Waals surface area contributed by atoms with E-state index < -0.39 is 0 Å². The third-order valence-electron chi connectivity index (χ3n) is 6.98. The molecular weight excluding hydrogens is 562 g/mol. The van der Waals surface area contributed by atoms with Crippen LogP contribution < -0.4 is 14.8 Å². The van der Waals surface area contributed by atoms with Crippen LogP contribution in [0.4, 0.5) is 5.69 Å².